The van der Waals surface area contributed by atoms with Crippen LogP contribution in [0.4, 0.5) is 0 Å². The standard InChI is InChI=1S/C14H21NO3/c1-2-13(17-5-1)9-16-10-14-6-11(8-18-14)7-15-12-3-4-12/h6,8,12-13,15H,1-5,7,9-10H2. The summed E-state index contributed by atoms with van der Waals surface area (Å²) in [7, 11) is 0. The van der Waals surface area contributed by atoms with E-state index in [1.54, 1.807) is 0 Å². The molecule has 1 aliphatic carbocycles. The van der Waals surface area contributed by atoms with Crippen molar-refractivity contribution in [1.29, 1.82) is 0 Å². The molecule has 1 aliphatic heterocycles. The van der Waals surface area contributed by atoms with Crippen molar-refractivity contribution < 1.29 is 13.9 Å². The second kappa shape index (κ2) is 5.87. The van der Waals surface area contributed by atoms with Crippen molar-refractivity contribution in [2.75, 3.05) is 13.2 Å². The van der Waals surface area contributed by atoms with Crippen LogP contribution in [0.1, 0.15) is 37.0 Å². The molecule has 2 fully saturated rings. The molecule has 0 spiro atoms. The first-order valence-electron chi connectivity index (χ1n) is 6.89. The third kappa shape index (κ3) is 3.57. The Morgan fingerprint density at radius 1 is 1.33 bits per heavy atom. The summed E-state index contributed by atoms with van der Waals surface area (Å²) in [4.78, 5) is 0. The minimum Gasteiger partial charge on any atom is -0.467 e. The van der Waals surface area contributed by atoms with Crippen molar-refractivity contribution >= 4 is 0 Å². The Labute approximate surface area is 108 Å². The van der Waals surface area contributed by atoms with Crippen molar-refractivity contribution in [3.63, 3.8) is 0 Å². The lowest BCUT2D eigenvalue weighted by atomic mass is 10.2. The van der Waals surface area contributed by atoms with Gasteiger partial charge in [-0.25, -0.2) is 0 Å². The van der Waals surface area contributed by atoms with E-state index in [9.17, 15) is 0 Å². The molecule has 0 amide bonds. The lowest BCUT2D eigenvalue weighted by molar-refractivity contribution is 0.00581. The van der Waals surface area contributed by atoms with E-state index in [-0.39, 0.29) is 6.10 Å². The van der Waals surface area contributed by atoms with Gasteiger partial charge in [-0.15, -0.1) is 0 Å². The SMILES string of the molecule is c1oc(COCC2CCCO2)cc1CNC1CC1. The molecule has 2 aliphatic rings. The van der Waals surface area contributed by atoms with Gasteiger partial charge in [0.2, 0.25) is 0 Å². The predicted molar refractivity (Wildman–Crippen MR) is 67.2 cm³/mol. The van der Waals surface area contributed by atoms with E-state index in [1.807, 2.05) is 6.26 Å². The van der Waals surface area contributed by atoms with E-state index in [0.717, 1.165) is 37.8 Å². The normalized spacial score (nSPS) is 23.7. The molecule has 0 aromatic carbocycles. The summed E-state index contributed by atoms with van der Waals surface area (Å²) in [6.07, 6.45) is 7.02. The van der Waals surface area contributed by atoms with E-state index in [2.05, 4.69) is 11.4 Å². The van der Waals surface area contributed by atoms with Gasteiger partial charge in [0.15, 0.2) is 0 Å². The third-order valence-corrected chi connectivity index (χ3v) is 3.45. The van der Waals surface area contributed by atoms with Crippen LogP contribution >= 0.6 is 0 Å². The molecule has 100 valence electrons. The quantitative estimate of drug-likeness (QED) is 0.807. The van der Waals surface area contributed by atoms with Gasteiger partial charge in [0, 0.05) is 24.8 Å². The van der Waals surface area contributed by atoms with Gasteiger partial charge in [0.25, 0.3) is 0 Å². The van der Waals surface area contributed by atoms with Crippen LogP contribution in [-0.4, -0.2) is 25.4 Å². The lowest BCUT2D eigenvalue weighted by Gasteiger charge is -2.08. The molecule has 1 aromatic rings. The van der Waals surface area contributed by atoms with E-state index in [1.165, 1.54) is 18.4 Å². The highest BCUT2D eigenvalue weighted by atomic mass is 16.5. The summed E-state index contributed by atoms with van der Waals surface area (Å²) in [5.74, 6) is 0.903. The number of hydrogen-bond donors (Lipinski definition) is 1. The van der Waals surface area contributed by atoms with Gasteiger partial charge < -0.3 is 19.2 Å². The molecule has 3 rings (SSSR count). The number of rotatable bonds is 7. The third-order valence-electron chi connectivity index (χ3n) is 3.45. The average Bonchev–Trinajstić information content (AvgIpc) is 2.89. The van der Waals surface area contributed by atoms with Crippen LogP contribution in [-0.2, 0) is 22.6 Å². The topological polar surface area (TPSA) is 43.6 Å². The fraction of sp³-hybridized carbons (Fsp3) is 0.714. The van der Waals surface area contributed by atoms with E-state index >= 15 is 0 Å². The van der Waals surface area contributed by atoms with Gasteiger partial charge in [0.05, 0.1) is 19.0 Å². The fourth-order valence-corrected chi connectivity index (χ4v) is 2.21. The first-order valence-corrected chi connectivity index (χ1v) is 6.89. The molecular formula is C14H21NO3. The van der Waals surface area contributed by atoms with Crippen LogP contribution in [0.15, 0.2) is 16.7 Å². The van der Waals surface area contributed by atoms with Crippen molar-refractivity contribution in [2.24, 2.45) is 0 Å². The van der Waals surface area contributed by atoms with Gasteiger partial charge in [-0.05, 0) is 31.7 Å². The molecule has 1 unspecified atom stereocenters. The van der Waals surface area contributed by atoms with Crippen molar-refractivity contribution in [3.05, 3.63) is 23.7 Å². The molecule has 0 radical (unpaired) electrons. The predicted octanol–water partition coefficient (Wildman–Crippen LogP) is 2.23. The summed E-state index contributed by atoms with van der Waals surface area (Å²) in [6.45, 7) is 3.01. The minimum absolute atomic E-state index is 0.288. The van der Waals surface area contributed by atoms with Crippen LogP contribution in [0.3, 0.4) is 0 Å². The Balaban J connectivity index is 1.36. The van der Waals surface area contributed by atoms with Gasteiger partial charge in [-0.3, -0.25) is 0 Å². The van der Waals surface area contributed by atoms with Gasteiger partial charge in [-0.1, -0.05) is 0 Å². The highest BCUT2D eigenvalue weighted by Crippen LogP contribution is 2.20. The van der Waals surface area contributed by atoms with E-state index in [0.29, 0.717) is 13.2 Å². The smallest absolute Gasteiger partial charge is 0.129 e. The van der Waals surface area contributed by atoms with Crippen LogP contribution in [0.25, 0.3) is 0 Å². The van der Waals surface area contributed by atoms with Crippen molar-refractivity contribution in [3.8, 4) is 0 Å². The molecule has 1 saturated heterocycles. The second-order valence-electron chi connectivity index (χ2n) is 5.23. The Kier molecular flexibility index (Phi) is 3.98. The van der Waals surface area contributed by atoms with Crippen LogP contribution < -0.4 is 5.32 Å². The molecule has 1 atom stereocenters. The number of ether oxygens (including phenoxy) is 2. The average molecular weight is 251 g/mol. The van der Waals surface area contributed by atoms with Crippen LogP contribution in [0.2, 0.25) is 0 Å². The summed E-state index contributed by atoms with van der Waals surface area (Å²) < 4.78 is 16.6. The van der Waals surface area contributed by atoms with Gasteiger partial charge in [-0.2, -0.15) is 0 Å². The maximum absolute atomic E-state index is 5.62. The molecular weight excluding hydrogens is 230 g/mol. The Hall–Kier alpha value is -0.840. The Bertz CT molecular complexity index is 367. The Morgan fingerprint density at radius 2 is 2.28 bits per heavy atom. The maximum Gasteiger partial charge on any atom is 0.129 e. The largest absolute Gasteiger partial charge is 0.467 e. The second-order valence-corrected chi connectivity index (χ2v) is 5.23. The summed E-state index contributed by atoms with van der Waals surface area (Å²) >= 11 is 0. The fourth-order valence-electron chi connectivity index (χ4n) is 2.21. The molecule has 1 N–H and O–H groups in total. The van der Waals surface area contributed by atoms with Crippen molar-refractivity contribution in [1.82, 2.24) is 5.32 Å². The maximum atomic E-state index is 5.62. The molecule has 1 saturated carbocycles. The Morgan fingerprint density at radius 3 is 3.06 bits per heavy atom. The van der Waals surface area contributed by atoms with Gasteiger partial charge >= 0.3 is 0 Å². The monoisotopic (exact) mass is 251 g/mol. The number of furan rings is 1. The van der Waals surface area contributed by atoms with E-state index in [4.69, 9.17) is 13.9 Å². The summed E-state index contributed by atoms with van der Waals surface area (Å²) in [5.41, 5.74) is 1.21. The zero-order chi connectivity index (χ0) is 12.2. The first kappa shape index (κ1) is 12.2. The first-order chi connectivity index (χ1) is 8.90. The van der Waals surface area contributed by atoms with E-state index < -0.39 is 0 Å². The lowest BCUT2D eigenvalue weighted by Crippen LogP contribution is -2.14. The van der Waals surface area contributed by atoms with Crippen LogP contribution in [0.5, 0.6) is 0 Å². The minimum atomic E-state index is 0.288. The molecule has 18 heavy (non-hydrogen) atoms. The van der Waals surface area contributed by atoms with Crippen LogP contribution in [0, 0.1) is 0 Å². The highest BCUT2D eigenvalue weighted by molar-refractivity contribution is 5.12. The molecule has 0 bridgehead atoms. The summed E-state index contributed by atoms with van der Waals surface area (Å²) in [5, 5.41) is 3.47. The highest BCUT2D eigenvalue weighted by Gasteiger charge is 2.20. The zero-order valence-corrected chi connectivity index (χ0v) is 10.7. The molecule has 4 nitrogen and oxygen atoms in total. The van der Waals surface area contributed by atoms with Gasteiger partial charge in [0.1, 0.15) is 12.4 Å². The zero-order valence-electron chi connectivity index (χ0n) is 10.7. The number of nitrogens with one attached hydrogen (secondary N) is 1. The number of hydrogen-bond acceptors (Lipinski definition) is 4. The molecule has 4 heteroatoms. The molecule has 1 aromatic heterocycles. The van der Waals surface area contributed by atoms with Crippen molar-refractivity contribution in [2.45, 2.75) is 51.0 Å². The molecule has 2 heterocycles. The summed E-state index contributed by atoms with van der Waals surface area (Å²) in [6, 6.07) is 2.81.